The number of nitrogens with one attached hydrogen (secondary N) is 1. The first-order valence-corrected chi connectivity index (χ1v) is 4.24. The highest BCUT2D eigenvalue weighted by atomic mass is 16.5. The predicted octanol–water partition coefficient (Wildman–Crippen LogP) is 0.549. The van der Waals surface area contributed by atoms with Crippen LogP contribution >= 0.6 is 0 Å². The van der Waals surface area contributed by atoms with Crippen molar-refractivity contribution in [1.82, 2.24) is 5.32 Å². The molecule has 0 bridgehead atoms. The Morgan fingerprint density at radius 3 is 3.15 bits per heavy atom. The van der Waals surface area contributed by atoms with Gasteiger partial charge in [-0.15, -0.1) is 0 Å². The molecule has 0 saturated heterocycles. The molecule has 0 spiro atoms. The molecule has 0 aliphatic carbocycles. The maximum Gasteiger partial charge on any atom is 0.0961 e. The monoisotopic (exact) mass is 185 g/mol. The van der Waals surface area contributed by atoms with Crippen LogP contribution in [0.3, 0.4) is 0 Å². The normalized spacial score (nSPS) is 13.1. The maximum atomic E-state index is 9.55. The van der Waals surface area contributed by atoms with Gasteiger partial charge in [-0.3, -0.25) is 0 Å². The van der Waals surface area contributed by atoms with Gasteiger partial charge in [0.1, 0.15) is 0 Å². The minimum absolute atomic E-state index is 0.504. The maximum absolute atomic E-state index is 9.55. The summed E-state index contributed by atoms with van der Waals surface area (Å²) in [5.41, 5.74) is 0.796. The molecule has 0 aliphatic heterocycles. The van der Waals surface area contributed by atoms with E-state index in [1.165, 1.54) is 0 Å². The van der Waals surface area contributed by atoms with Crippen molar-refractivity contribution in [3.05, 3.63) is 24.2 Å². The van der Waals surface area contributed by atoms with E-state index in [1.807, 2.05) is 0 Å². The Morgan fingerprint density at radius 1 is 1.69 bits per heavy atom. The third-order valence-corrected chi connectivity index (χ3v) is 1.75. The van der Waals surface area contributed by atoms with Crippen molar-refractivity contribution >= 4 is 0 Å². The summed E-state index contributed by atoms with van der Waals surface area (Å²) in [6, 6.07) is 1.75. The van der Waals surface area contributed by atoms with Crippen molar-refractivity contribution < 1.29 is 14.3 Å². The fraction of sp³-hybridized carbons (Fsp3) is 0.556. The van der Waals surface area contributed by atoms with Gasteiger partial charge in [-0.2, -0.15) is 0 Å². The summed E-state index contributed by atoms with van der Waals surface area (Å²) in [4.78, 5) is 0. The van der Waals surface area contributed by atoms with Crippen molar-refractivity contribution in [3.63, 3.8) is 0 Å². The zero-order chi connectivity index (χ0) is 9.52. The first-order valence-electron chi connectivity index (χ1n) is 4.24. The lowest BCUT2D eigenvalue weighted by Gasteiger charge is -2.08. The van der Waals surface area contributed by atoms with Gasteiger partial charge in [0.15, 0.2) is 0 Å². The Kier molecular flexibility index (Phi) is 4.53. The van der Waals surface area contributed by atoms with Gasteiger partial charge in [0, 0.05) is 25.8 Å². The smallest absolute Gasteiger partial charge is 0.0961 e. The number of hydrogen-bond donors (Lipinski definition) is 2. The molecule has 2 N–H and O–H groups in total. The predicted molar refractivity (Wildman–Crippen MR) is 48.4 cm³/mol. The second-order valence-electron chi connectivity index (χ2n) is 2.77. The van der Waals surface area contributed by atoms with Gasteiger partial charge < -0.3 is 19.6 Å². The molecule has 13 heavy (non-hydrogen) atoms. The Labute approximate surface area is 77.5 Å². The van der Waals surface area contributed by atoms with Crippen molar-refractivity contribution in [2.45, 2.75) is 6.10 Å². The summed E-state index contributed by atoms with van der Waals surface area (Å²) in [5, 5.41) is 12.6. The third-order valence-electron chi connectivity index (χ3n) is 1.75. The first kappa shape index (κ1) is 10.2. The van der Waals surface area contributed by atoms with Crippen LogP contribution in [0.25, 0.3) is 0 Å². The van der Waals surface area contributed by atoms with E-state index in [9.17, 15) is 5.11 Å². The molecule has 1 unspecified atom stereocenters. The molecule has 0 radical (unpaired) electrons. The number of aliphatic hydroxyl groups is 1. The molecule has 74 valence electrons. The fourth-order valence-corrected chi connectivity index (χ4v) is 0.995. The molecule has 1 atom stereocenters. The highest BCUT2D eigenvalue weighted by Crippen LogP contribution is 2.11. The Morgan fingerprint density at radius 2 is 2.54 bits per heavy atom. The average Bonchev–Trinajstić information content (AvgIpc) is 2.65. The fourth-order valence-electron chi connectivity index (χ4n) is 0.995. The molecule has 0 aromatic carbocycles. The number of hydrogen-bond acceptors (Lipinski definition) is 4. The number of furan rings is 1. The molecule has 1 heterocycles. The molecular formula is C9H15NO3. The van der Waals surface area contributed by atoms with E-state index in [4.69, 9.17) is 9.15 Å². The van der Waals surface area contributed by atoms with Gasteiger partial charge in [0.05, 0.1) is 25.2 Å². The number of aliphatic hydroxyl groups excluding tert-OH is 1. The van der Waals surface area contributed by atoms with Gasteiger partial charge in [-0.05, 0) is 6.07 Å². The average molecular weight is 185 g/mol. The number of ether oxygens (including phenoxy) is 1. The van der Waals surface area contributed by atoms with Crippen molar-refractivity contribution in [1.29, 1.82) is 0 Å². The molecule has 1 rings (SSSR count). The van der Waals surface area contributed by atoms with E-state index in [-0.39, 0.29) is 0 Å². The quantitative estimate of drug-likeness (QED) is 0.635. The molecule has 0 saturated carbocycles. The topological polar surface area (TPSA) is 54.6 Å². The van der Waals surface area contributed by atoms with Crippen LogP contribution in [-0.2, 0) is 4.74 Å². The molecular weight excluding hydrogens is 170 g/mol. The van der Waals surface area contributed by atoms with Crippen molar-refractivity contribution in [2.75, 3.05) is 26.8 Å². The lowest BCUT2D eigenvalue weighted by atomic mass is 10.2. The summed E-state index contributed by atoms with van der Waals surface area (Å²) < 4.78 is 9.70. The summed E-state index contributed by atoms with van der Waals surface area (Å²) in [6.45, 7) is 1.91. The lowest BCUT2D eigenvalue weighted by Crippen LogP contribution is -2.24. The minimum atomic E-state index is -0.504. The minimum Gasteiger partial charge on any atom is -0.472 e. The van der Waals surface area contributed by atoms with Crippen LogP contribution in [0.4, 0.5) is 0 Å². The van der Waals surface area contributed by atoms with Crippen LogP contribution in [-0.4, -0.2) is 31.9 Å². The zero-order valence-electron chi connectivity index (χ0n) is 7.69. The molecule has 0 amide bonds. The van der Waals surface area contributed by atoms with Crippen LogP contribution in [0.1, 0.15) is 11.7 Å². The van der Waals surface area contributed by atoms with Gasteiger partial charge in [-0.25, -0.2) is 0 Å². The van der Waals surface area contributed by atoms with Gasteiger partial charge in [0.25, 0.3) is 0 Å². The van der Waals surface area contributed by atoms with E-state index < -0.39 is 6.10 Å². The van der Waals surface area contributed by atoms with Gasteiger partial charge in [-0.1, -0.05) is 0 Å². The summed E-state index contributed by atoms with van der Waals surface area (Å²) >= 11 is 0. The molecule has 4 nitrogen and oxygen atoms in total. The summed E-state index contributed by atoms with van der Waals surface area (Å²) in [6.07, 6.45) is 2.59. The summed E-state index contributed by atoms with van der Waals surface area (Å²) in [5.74, 6) is 0. The van der Waals surface area contributed by atoms with Crippen molar-refractivity contribution in [2.24, 2.45) is 0 Å². The van der Waals surface area contributed by atoms with Crippen LogP contribution < -0.4 is 5.32 Å². The zero-order valence-corrected chi connectivity index (χ0v) is 7.69. The molecule has 1 aromatic heterocycles. The van der Waals surface area contributed by atoms with Crippen molar-refractivity contribution in [3.8, 4) is 0 Å². The largest absolute Gasteiger partial charge is 0.472 e. The molecule has 1 aromatic rings. The van der Waals surface area contributed by atoms with Gasteiger partial charge >= 0.3 is 0 Å². The molecule has 0 aliphatic rings. The van der Waals surface area contributed by atoms with Crippen LogP contribution in [0.5, 0.6) is 0 Å². The van der Waals surface area contributed by atoms with Crippen LogP contribution in [0, 0.1) is 0 Å². The summed E-state index contributed by atoms with van der Waals surface area (Å²) in [7, 11) is 1.65. The van der Waals surface area contributed by atoms with E-state index >= 15 is 0 Å². The number of rotatable bonds is 6. The van der Waals surface area contributed by atoms with Gasteiger partial charge in [0.2, 0.25) is 0 Å². The first-order chi connectivity index (χ1) is 6.34. The molecule has 0 fully saturated rings. The Bertz CT molecular complexity index is 211. The SMILES string of the molecule is COCCNCC(O)c1ccoc1. The second-order valence-corrected chi connectivity index (χ2v) is 2.77. The lowest BCUT2D eigenvalue weighted by molar-refractivity contribution is 0.161. The van der Waals surface area contributed by atoms with E-state index in [0.29, 0.717) is 13.2 Å². The van der Waals surface area contributed by atoms with Crippen LogP contribution in [0.15, 0.2) is 23.0 Å². The van der Waals surface area contributed by atoms with E-state index in [0.717, 1.165) is 12.1 Å². The molecule has 4 heteroatoms. The van der Waals surface area contributed by atoms with Crippen LogP contribution in [0.2, 0.25) is 0 Å². The Hall–Kier alpha value is -0.840. The Balaban J connectivity index is 2.15. The standard InChI is InChI=1S/C9H15NO3/c1-12-5-3-10-6-9(11)8-2-4-13-7-8/h2,4,7,9-11H,3,5-6H2,1H3. The third kappa shape index (κ3) is 3.59. The highest BCUT2D eigenvalue weighted by Gasteiger charge is 2.06. The van der Waals surface area contributed by atoms with E-state index in [1.54, 1.807) is 25.7 Å². The second kappa shape index (κ2) is 5.75. The van der Waals surface area contributed by atoms with E-state index in [2.05, 4.69) is 5.32 Å². The highest BCUT2D eigenvalue weighted by molar-refractivity contribution is 5.09. The number of methoxy groups -OCH3 is 1.